The molecule has 2 aromatic carbocycles. The maximum Gasteiger partial charge on any atom is 0.252 e. The summed E-state index contributed by atoms with van der Waals surface area (Å²) < 4.78 is 27.6. The molecule has 2 aromatic rings. The molecule has 0 heterocycles. The van der Waals surface area contributed by atoms with Crippen LogP contribution in [0.25, 0.3) is 11.6 Å². The van der Waals surface area contributed by atoms with E-state index in [2.05, 4.69) is 17.2 Å². The van der Waals surface area contributed by atoms with Crippen molar-refractivity contribution in [1.29, 1.82) is 0 Å². The first-order chi connectivity index (χ1) is 13.4. The van der Waals surface area contributed by atoms with Crippen molar-refractivity contribution in [2.45, 2.75) is 13.3 Å². The van der Waals surface area contributed by atoms with Crippen LogP contribution >= 0.6 is 11.6 Å². The molecule has 3 nitrogen and oxygen atoms in total. The molecule has 0 unspecified atom stereocenters. The number of benzene rings is 2. The molecule has 0 aliphatic carbocycles. The second-order valence-corrected chi connectivity index (χ2v) is 6.91. The van der Waals surface area contributed by atoms with Crippen LogP contribution in [0.15, 0.2) is 54.6 Å². The van der Waals surface area contributed by atoms with Gasteiger partial charge in [0.25, 0.3) is 5.91 Å². The first-order valence-electron chi connectivity index (χ1n) is 8.93. The van der Waals surface area contributed by atoms with E-state index in [9.17, 15) is 13.6 Å². The lowest BCUT2D eigenvalue weighted by atomic mass is 10.0. The topological polar surface area (TPSA) is 41.1 Å². The van der Waals surface area contributed by atoms with Crippen LogP contribution in [0.3, 0.4) is 0 Å². The van der Waals surface area contributed by atoms with Crippen molar-refractivity contribution in [3.8, 4) is 0 Å². The van der Waals surface area contributed by atoms with Crippen LogP contribution in [0.4, 0.5) is 8.78 Å². The van der Waals surface area contributed by atoms with Gasteiger partial charge in [0.05, 0.1) is 5.57 Å². The minimum Gasteiger partial charge on any atom is -0.352 e. The fraction of sp³-hybridized carbons (Fsp3) is 0.227. The highest BCUT2D eigenvalue weighted by molar-refractivity contribution is 6.30. The van der Waals surface area contributed by atoms with Crippen LogP contribution in [0.1, 0.15) is 24.5 Å². The zero-order valence-corrected chi connectivity index (χ0v) is 16.5. The normalized spacial score (nSPS) is 11.4. The lowest BCUT2D eigenvalue weighted by Crippen LogP contribution is -2.28. The van der Waals surface area contributed by atoms with Gasteiger partial charge in [-0.05, 0) is 55.8 Å². The van der Waals surface area contributed by atoms with Gasteiger partial charge >= 0.3 is 0 Å². The van der Waals surface area contributed by atoms with Gasteiger partial charge in [0.1, 0.15) is 11.6 Å². The molecule has 0 bridgehead atoms. The molecular formula is C22H23ClF2N2O. The summed E-state index contributed by atoms with van der Waals surface area (Å²) in [5, 5.41) is 6.54. The summed E-state index contributed by atoms with van der Waals surface area (Å²) in [4.78, 5) is 12.7. The highest BCUT2D eigenvalue weighted by atomic mass is 35.5. The first kappa shape index (κ1) is 21.8. The number of carbonyl (C=O) groups excluding carboxylic acids is 1. The Kier molecular flexibility index (Phi) is 8.36. The third-order valence-electron chi connectivity index (χ3n) is 3.89. The maximum absolute atomic E-state index is 14.3. The fourth-order valence-corrected chi connectivity index (χ4v) is 2.64. The molecule has 6 heteroatoms. The molecule has 0 aromatic heterocycles. The zero-order chi connectivity index (χ0) is 20.5. The Morgan fingerprint density at radius 2 is 1.86 bits per heavy atom. The molecule has 0 saturated heterocycles. The molecule has 0 aliphatic heterocycles. The number of hydrogen-bond donors (Lipinski definition) is 2. The Morgan fingerprint density at radius 3 is 2.50 bits per heavy atom. The fourth-order valence-electron chi connectivity index (χ4n) is 2.51. The van der Waals surface area contributed by atoms with Crippen molar-refractivity contribution >= 4 is 29.2 Å². The molecule has 148 valence electrons. The number of rotatable bonds is 9. The van der Waals surface area contributed by atoms with Crippen LogP contribution in [0.2, 0.25) is 5.02 Å². The van der Waals surface area contributed by atoms with Gasteiger partial charge in [-0.1, -0.05) is 35.9 Å². The number of halogens is 3. The number of amides is 1. The third kappa shape index (κ3) is 6.91. The largest absolute Gasteiger partial charge is 0.352 e. The number of carbonyl (C=O) groups is 1. The van der Waals surface area contributed by atoms with E-state index in [0.717, 1.165) is 24.3 Å². The number of nitrogens with one attached hydrogen (secondary N) is 2. The standard InChI is InChI=1S/C22H23ClF2N2O/c1-15(2)14-26-10-3-11-27-22(28)20(12-16-4-6-17(23)7-5-16)19-9-8-18(24)13-21(19)25/h4-9,12-13,26H,1,3,10-11,14H2,2H3,(H,27,28)/b20-12+. The molecule has 0 radical (unpaired) electrons. The summed E-state index contributed by atoms with van der Waals surface area (Å²) in [6, 6.07) is 9.95. The minimum atomic E-state index is -0.793. The predicted octanol–water partition coefficient (Wildman–Crippen LogP) is 4.83. The van der Waals surface area contributed by atoms with Crippen LogP contribution < -0.4 is 10.6 Å². The van der Waals surface area contributed by atoms with Gasteiger partial charge in [-0.25, -0.2) is 8.78 Å². The van der Waals surface area contributed by atoms with Gasteiger partial charge in [0.15, 0.2) is 0 Å². The van der Waals surface area contributed by atoms with Crippen molar-refractivity contribution in [2.75, 3.05) is 19.6 Å². The summed E-state index contributed by atoms with van der Waals surface area (Å²) in [6.07, 6.45) is 2.26. The van der Waals surface area contributed by atoms with Crippen LogP contribution in [0, 0.1) is 11.6 Å². The van der Waals surface area contributed by atoms with Gasteiger partial charge < -0.3 is 10.6 Å². The smallest absolute Gasteiger partial charge is 0.252 e. The Labute approximate surface area is 169 Å². The molecule has 2 rings (SSSR count). The van der Waals surface area contributed by atoms with Crippen molar-refractivity contribution in [3.05, 3.63) is 82.4 Å². The van der Waals surface area contributed by atoms with Gasteiger partial charge in [0.2, 0.25) is 0 Å². The SMILES string of the molecule is C=C(C)CNCCCNC(=O)/C(=C/c1ccc(Cl)cc1)c1ccc(F)cc1F. The van der Waals surface area contributed by atoms with Crippen molar-refractivity contribution < 1.29 is 13.6 Å². The van der Waals surface area contributed by atoms with Gasteiger partial charge in [-0.2, -0.15) is 0 Å². The van der Waals surface area contributed by atoms with Crippen molar-refractivity contribution in [1.82, 2.24) is 10.6 Å². The van der Waals surface area contributed by atoms with Gasteiger partial charge in [-0.15, -0.1) is 0 Å². The summed E-state index contributed by atoms with van der Waals surface area (Å²) in [7, 11) is 0. The minimum absolute atomic E-state index is 0.0363. The van der Waals surface area contributed by atoms with Crippen LogP contribution in [-0.4, -0.2) is 25.5 Å². The Bertz CT molecular complexity index is 863. The van der Waals surface area contributed by atoms with Gasteiger partial charge in [-0.3, -0.25) is 4.79 Å². The molecule has 0 aliphatic rings. The molecule has 0 spiro atoms. The van der Waals surface area contributed by atoms with Crippen LogP contribution in [-0.2, 0) is 4.79 Å². The molecule has 2 N–H and O–H groups in total. The van der Waals surface area contributed by atoms with E-state index < -0.39 is 17.5 Å². The Morgan fingerprint density at radius 1 is 1.14 bits per heavy atom. The van der Waals surface area contributed by atoms with E-state index in [1.165, 1.54) is 6.07 Å². The third-order valence-corrected chi connectivity index (χ3v) is 4.14. The lowest BCUT2D eigenvalue weighted by Gasteiger charge is -2.11. The Balaban J connectivity index is 2.15. The highest BCUT2D eigenvalue weighted by Crippen LogP contribution is 2.23. The zero-order valence-electron chi connectivity index (χ0n) is 15.7. The van der Waals surface area contributed by atoms with Crippen molar-refractivity contribution in [3.63, 3.8) is 0 Å². The van der Waals surface area contributed by atoms with Crippen molar-refractivity contribution in [2.24, 2.45) is 0 Å². The first-order valence-corrected chi connectivity index (χ1v) is 9.30. The highest BCUT2D eigenvalue weighted by Gasteiger charge is 2.16. The van der Waals surface area contributed by atoms with E-state index in [-0.39, 0.29) is 11.1 Å². The monoisotopic (exact) mass is 404 g/mol. The maximum atomic E-state index is 14.3. The summed E-state index contributed by atoms with van der Waals surface area (Å²) >= 11 is 5.89. The molecule has 0 saturated carbocycles. The average Bonchev–Trinajstić information content (AvgIpc) is 2.64. The molecular weight excluding hydrogens is 382 g/mol. The average molecular weight is 405 g/mol. The van der Waals surface area contributed by atoms with Gasteiger partial charge in [0, 0.05) is 29.7 Å². The van der Waals surface area contributed by atoms with E-state index in [4.69, 9.17) is 11.6 Å². The van der Waals surface area contributed by atoms with E-state index >= 15 is 0 Å². The summed E-state index contributed by atoms with van der Waals surface area (Å²) in [5.41, 5.74) is 1.87. The molecule has 1 amide bonds. The second kappa shape index (κ2) is 10.7. The predicted molar refractivity (Wildman–Crippen MR) is 111 cm³/mol. The van der Waals surface area contributed by atoms with E-state index in [1.807, 2.05) is 6.92 Å². The van der Waals surface area contributed by atoms with Crippen LogP contribution in [0.5, 0.6) is 0 Å². The molecule has 28 heavy (non-hydrogen) atoms. The van der Waals surface area contributed by atoms with E-state index in [1.54, 1.807) is 30.3 Å². The summed E-state index contributed by atoms with van der Waals surface area (Å²) in [6.45, 7) is 7.59. The summed E-state index contributed by atoms with van der Waals surface area (Å²) in [5.74, 6) is -1.92. The second-order valence-electron chi connectivity index (χ2n) is 6.48. The number of hydrogen-bond acceptors (Lipinski definition) is 2. The Hall–Kier alpha value is -2.50. The molecule has 0 atom stereocenters. The quantitative estimate of drug-likeness (QED) is 0.272. The lowest BCUT2D eigenvalue weighted by molar-refractivity contribution is -0.115. The molecule has 0 fully saturated rings. The van der Waals surface area contributed by atoms with E-state index in [0.29, 0.717) is 30.1 Å².